The lowest BCUT2D eigenvalue weighted by Crippen LogP contribution is -2.33. The van der Waals surface area contributed by atoms with E-state index in [1.807, 2.05) is 6.07 Å². The number of nitrogens with zero attached hydrogens (tertiary/aromatic N) is 2. The third-order valence-corrected chi connectivity index (χ3v) is 4.98. The molecule has 0 radical (unpaired) electrons. The summed E-state index contributed by atoms with van der Waals surface area (Å²) in [5, 5.41) is 1.25. The molecule has 2 aromatic carbocycles. The molecule has 0 aliphatic rings. The Morgan fingerprint density at radius 2 is 1.93 bits per heavy atom. The standard InChI is InChI=1S/C20H19Cl2N3O2/c1-2-3-10-25(20(27)13-8-9-15(21)16(22)11-13)12-18-23-17-7-5-4-6-14(17)19(26)24-18/h4-9,11H,2-3,10,12H2,1H3,(H,23,24,26). The van der Waals surface area contributed by atoms with Gasteiger partial charge in [0, 0.05) is 12.1 Å². The van der Waals surface area contributed by atoms with Crippen LogP contribution >= 0.6 is 23.2 Å². The van der Waals surface area contributed by atoms with Crippen molar-refractivity contribution in [1.29, 1.82) is 0 Å². The Kier molecular flexibility index (Phi) is 6.14. The molecule has 0 aliphatic heterocycles. The zero-order valence-electron chi connectivity index (χ0n) is 14.8. The number of unbranched alkanes of at least 4 members (excludes halogenated alkanes) is 1. The van der Waals surface area contributed by atoms with E-state index in [-0.39, 0.29) is 18.0 Å². The van der Waals surface area contributed by atoms with Gasteiger partial charge in [0.05, 0.1) is 27.5 Å². The van der Waals surface area contributed by atoms with Gasteiger partial charge in [-0.25, -0.2) is 4.98 Å². The maximum absolute atomic E-state index is 13.0. The average molecular weight is 404 g/mol. The largest absolute Gasteiger partial charge is 0.331 e. The molecule has 0 bridgehead atoms. The number of para-hydroxylation sites is 1. The highest BCUT2D eigenvalue weighted by Crippen LogP contribution is 2.23. The van der Waals surface area contributed by atoms with Crippen LogP contribution in [0.25, 0.3) is 10.9 Å². The highest BCUT2D eigenvalue weighted by atomic mass is 35.5. The van der Waals surface area contributed by atoms with Gasteiger partial charge in [0.1, 0.15) is 5.82 Å². The minimum Gasteiger partial charge on any atom is -0.331 e. The van der Waals surface area contributed by atoms with Crippen LogP contribution in [0.1, 0.15) is 35.9 Å². The summed E-state index contributed by atoms with van der Waals surface area (Å²) in [6.45, 7) is 2.81. The molecule has 3 aromatic rings. The molecular weight excluding hydrogens is 385 g/mol. The number of hydrogen-bond acceptors (Lipinski definition) is 3. The van der Waals surface area contributed by atoms with E-state index >= 15 is 0 Å². The number of nitrogens with one attached hydrogen (secondary N) is 1. The number of carbonyl (C=O) groups is 1. The van der Waals surface area contributed by atoms with Crippen LogP contribution < -0.4 is 5.56 Å². The minimum absolute atomic E-state index is 0.183. The van der Waals surface area contributed by atoms with Crippen LogP contribution in [-0.2, 0) is 6.54 Å². The van der Waals surface area contributed by atoms with E-state index in [1.165, 1.54) is 0 Å². The zero-order chi connectivity index (χ0) is 19.4. The molecule has 0 atom stereocenters. The zero-order valence-corrected chi connectivity index (χ0v) is 16.3. The van der Waals surface area contributed by atoms with Gasteiger partial charge in [-0.3, -0.25) is 9.59 Å². The first kappa shape index (κ1) is 19.4. The third kappa shape index (κ3) is 4.49. The predicted octanol–water partition coefficient (Wildman–Crippen LogP) is 4.67. The summed E-state index contributed by atoms with van der Waals surface area (Å²) in [6, 6.07) is 11.9. The van der Waals surface area contributed by atoms with E-state index in [0.717, 1.165) is 12.8 Å². The Hall–Kier alpha value is -2.37. The van der Waals surface area contributed by atoms with Crippen LogP contribution in [0.2, 0.25) is 10.0 Å². The second-order valence-electron chi connectivity index (χ2n) is 6.24. The highest BCUT2D eigenvalue weighted by Gasteiger charge is 2.18. The Bertz CT molecular complexity index is 1030. The highest BCUT2D eigenvalue weighted by molar-refractivity contribution is 6.42. The van der Waals surface area contributed by atoms with Crippen molar-refractivity contribution in [2.75, 3.05) is 6.54 Å². The molecule has 1 amide bonds. The molecule has 0 spiro atoms. The van der Waals surface area contributed by atoms with Gasteiger partial charge in [0.25, 0.3) is 11.5 Å². The number of rotatable bonds is 6. The van der Waals surface area contributed by atoms with E-state index in [9.17, 15) is 9.59 Å². The van der Waals surface area contributed by atoms with Gasteiger partial charge >= 0.3 is 0 Å². The van der Waals surface area contributed by atoms with Gasteiger partial charge in [-0.15, -0.1) is 0 Å². The maximum Gasteiger partial charge on any atom is 0.258 e. The van der Waals surface area contributed by atoms with Crippen molar-refractivity contribution in [2.45, 2.75) is 26.3 Å². The van der Waals surface area contributed by atoms with Crippen LogP contribution in [0.15, 0.2) is 47.3 Å². The van der Waals surface area contributed by atoms with Crippen LogP contribution in [-0.4, -0.2) is 27.3 Å². The van der Waals surface area contributed by atoms with Crippen LogP contribution in [0, 0.1) is 0 Å². The molecule has 140 valence electrons. The number of aromatic amines is 1. The summed E-state index contributed by atoms with van der Waals surface area (Å²) >= 11 is 12.0. The molecule has 5 nitrogen and oxygen atoms in total. The SMILES string of the molecule is CCCCN(Cc1nc2ccccc2c(=O)[nH]1)C(=O)c1ccc(Cl)c(Cl)c1. The molecule has 7 heteroatoms. The molecule has 1 N–H and O–H groups in total. The van der Waals surface area contributed by atoms with Crippen molar-refractivity contribution in [1.82, 2.24) is 14.9 Å². The number of H-pyrrole nitrogens is 1. The molecular formula is C20H19Cl2N3O2. The number of amides is 1. The van der Waals surface area contributed by atoms with Crippen molar-refractivity contribution >= 4 is 40.0 Å². The fourth-order valence-electron chi connectivity index (χ4n) is 2.80. The van der Waals surface area contributed by atoms with Crippen molar-refractivity contribution in [3.05, 3.63) is 74.3 Å². The topological polar surface area (TPSA) is 66.1 Å². The van der Waals surface area contributed by atoms with E-state index < -0.39 is 0 Å². The number of hydrogen-bond donors (Lipinski definition) is 1. The van der Waals surface area contributed by atoms with E-state index in [4.69, 9.17) is 23.2 Å². The van der Waals surface area contributed by atoms with Crippen molar-refractivity contribution in [3.8, 4) is 0 Å². The average Bonchev–Trinajstić information content (AvgIpc) is 2.67. The molecule has 1 aromatic heterocycles. The molecule has 0 aliphatic carbocycles. The summed E-state index contributed by atoms with van der Waals surface area (Å²) in [6.07, 6.45) is 1.78. The second kappa shape index (κ2) is 8.55. The summed E-state index contributed by atoms with van der Waals surface area (Å²) in [4.78, 5) is 34.2. The number of halogens is 2. The fraction of sp³-hybridized carbons (Fsp3) is 0.250. The maximum atomic E-state index is 13.0. The molecule has 27 heavy (non-hydrogen) atoms. The van der Waals surface area contributed by atoms with Gasteiger partial charge < -0.3 is 9.88 Å². The summed E-state index contributed by atoms with van der Waals surface area (Å²) in [5.41, 5.74) is 0.838. The van der Waals surface area contributed by atoms with Crippen molar-refractivity contribution in [2.24, 2.45) is 0 Å². The minimum atomic E-state index is -0.215. The smallest absolute Gasteiger partial charge is 0.258 e. The lowest BCUT2D eigenvalue weighted by Gasteiger charge is -2.22. The first-order valence-corrected chi connectivity index (χ1v) is 9.47. The van der Waals surface area contributed by atoms with E-state index in [0.29, 0.717) is 38.9 Å². The summed E-state index contributed by atoms with van der Waals surface area (Å²) in [5.74, 6) is 0.265. The molecule has 0 saturated heterocycles. The van der Waals surface area contributed by atoms with Gasteiger partial charge in [-0.05, 0) is 36.8 Å². The predicted molar refractivity (Wildman–Crippen MR) is 108 cm³/mol. The van der Waals surface area contributed by atoms with Gasteiger partial charge in [-0.1, -0.05) is 48.7 Å². The number of fused-ring (bicyclic) bond motifs is 1. The van der Waals surface area contributed by atoms with Crippen LogP contribution in [0.3, 0.4) is 0 Å². The summed E-state index contributed by atoms with van der Waals surface area (Å²) in [7, 11) is 0. The molecule has 0 saturated carbocycles. The lowest BCUT2D eigenvalue weighted by atomic mass is 10.2. The normalized spacial score (nSPS) is 10.9. The third-order valence-electron chi connectivity index (χ3n) is 4.24. The Labute approximate surface area is 166 Å². The Morgan fingerprint density at radius 1 is 1.15 bits per heavy atom. The fourth-order valence-corrected chi connectivity index (χ4v) is 3.10. The molecule has 1 heterocycles. The first-order valence-electron chi connectivity index (χ1n) is 8.72. The quantitative estimate of drug-likeness (QED) is 0.649. The van der Waals surface area contributed by atoms with Crippen LogP contribution in [0.5, 0.6) is 0 Å². The van der Waals surface area contributed by atoms with Gasteiger partial charge in [-0.2, -0.15) is 0 Å². The van der Waals surface area contributed by atoms with Crippen LogP contribution in [0.4, 0.5) is 0 Å². The monoisotopic (exact) mass is 403 g/mol. The first-order chi connectivity index (χ1) is 13.0. The van der Waals surface area contributed by atoms with E-state index in [2.05, 4.69) is 16.9 Å². The Morgan fingerprint density at radius 3 is 2.67 bits per heavy atom. The van der Waals surface area contributed by atoms with Gasteiger partial charge in [0.15, 0.2) is 0 Å². The van der Waals surface area contributed by atoms with E-state index in [1.54, 1.807) is 41.3 Å². The summed E-state index contributed by atoms with van der Waals surface area (Å²) < 4.78 is 0. The second-order valence-corrected chi connectivity index (χ2v) is 7.05. The van der Waals surface area contributed by atoms with Crippen molar-refractivity contribution in [3.63, 3.8) is 0 Å². The number of aromatic nitrogens is 2. The molecule has 3 rings (SSSR count). The lowest BCUT2D eigenvalue weighted by molar-refractivity contribution is 0.0736. The van der Waals surface area contributed by atoms with Crippen molar-refractivity contribution < 1.29 is 4.79 Å². The number of carbonyl (C=O) groups excluding carboxylic acids is 1. The number of benzene rings is 2. The van der Waals surface area contributed by atoms with Gasteiger partial charge in [0.2, 0.25) is 0 Å². The molecule has 0 fully saturated rings. The Balaban J connectivity index is 1.92. The molecule has 0 unspecified atom stereocenters.